The summed E-state index contributed by atoms with van der Waals surface area (Å²) in [7, 11) is 4.08. The molecule has 7 heteroatoms. The number of carbonyl (C=O) groups excluding carboxylic acids is 2. The minimum absolute atomic E-state index is 0.0926. The first kappa shape index (κ1) is 19.6. The Bertz CT molecular complexity index is 746. The van der Waals surface area contributed by atoms with Crippen LogP contribution in [0.1, 0.15) is 24.8 Å². The Morgan fingerprint density at radius 2 is 1.89 bits per heavy atom. The highest BCUT2D eigenvalue weighted by molar-refractivity contribution is 8.18. The average molecular weight is 387 g/mol. The van der Waals surface area contributed by atoms with Crippen LogP contribution in [0.25, 0.3) is 6.08 Å². The number of ketones is 1. The lowest BCUT2D eigenvalue weighted by Gasteiger charge is -2.28. The fraction of sp³-hybridized carbons (Fsp3) is 0.450. The van der Waals surface area contributed by atoms with Crippen LogP contribution in [0.4, 0.5) is 5.69 Å². The summed E-state index contributed by atoms with van der Waals surface area (Å²) in [6.07, 6.45) is 4.11. The zero-order chi connectivity index (χ0) is 19.2. The highest BCUT2D eigenvalue weighted by Gasteiger charge is 2.23. The van der Waals surface area contributed by atoms with E-state index < -0.39 is 0 Å². The van der Waals surface area contributed by atoms with Gasteiger partial charge in [0.15, 0.2) is 5.17 Å². The van der Waals surface area contributed by atoms with Gasteiger partial charge in [-0.25, -0.2) is 0 Å². The molecular weight excluding hydrogens is 360 g/mol. The van der Waals surface area contributed by atoms with Crippen LogP contribution in [0.3, 0.4) is 0 Å². The molecule has 2 aliphatic heterocycles. The standard InChI is InChI=1S/C20H26N4O2S/c1-23(2)11-3-10-21-20-22-19(26)18(27-20)14-15-4-6-16(7-5-15)24-12-8-17(25)9-13-24/h4-7,14H,3,8-13H2,1-2H3,(H,21,22,26). The van der Waals surface area contributed by atoms with Crippen LogP contribution in [-0.4, -0.2) is 62.0 Å². The fourth-order valence-corrected chi connectivity index (χ4v) is 3.86. The lowest BCUT2D eigenvalue weighted by Crippen LogP contribution is -2.33. The number of nitrogens with zero attached hydrogens (tertiary/aromatic N) is 3. The average Bonchev–Trinajstić information content (AvgIpc) is 2.99. The van der Waals surface area contributed by atoms with E-state index in [0.29, 0.717) is 35.2 Å². The zero-order valence-electron chi connectivity index (χ0n) is 15.9. The number of amidine groups is 1. The van der Waals surface area contributed by atoms with Crippen molar-refractivity contribution >= 4 is 40.4 Å². The van der Waals surface area contributed by atoms with Crippen molar-refractivity contribution in [1.82, 2.24) is 10.2 Å². The van der Waals surface area contributed by atoms with Crippen molar-refractivity contribution in [2.24, 2.45) is 4.99 Å². The van der Waals surface area contributed by atoms with Crippen LogP contribution in [0.5, 0.6) is 0 Å². The van der Waals surface area contributed by atoms with Crippen LogP contribution in [-0.2, 0) is 9.59 Å². The summed E-state index contributed by atoms with van der Waals surface area (Å²) in [6.45, 7) is 3.26. The summed E-state index contributed by atoms with van der Waals surface area (Å²) < 4.78 is 0. The van der Waals surface area contributed by atoms with Gasteiger partial charge in [-0.2, -0.15) is 0 Å². The molecule has 0 radical (unpaired) electrons. The molecule has 1 N–H and O–H groups in total. The summed E-state index contributed by atoms with van der Waals surface area (Å²) in [5.74, 6) is 0.251. The Labute approximate surface area is 164 Å². The molecule has 1 aromatic rings. The maximum Gasteiger partial charge on any atom is 0.264 e. The fourth-order valence-electron chi connectivity index (χ4n) is 3.02. The molecule has 1 aromatic carbocycles. The predicted octanol–water partition coefficient (Wildman–Crippen LogP) is 2.37. The molecule has 0 saturated carbocycles. The second kappa shape index (κ2) is 9.19. The number of aliphatic imine (C=N–C) groups is 1. The van der Waals surface area contributed by atoms with Gasteiger partial charge < -0.3 is 15.1 Å². The molecule has 2 fully saturated rings. The van der Waals surface area contributed by atoms with Crippen molar-refractivity contribution in [2.45, 2.75) is 19.3 Å². The molecule has 0 atom stereocenters. The number of Topliss-reactive ketones (excluding diaryl/α,β-unsaturated/α-hetero) is 1. The highest BCUT2D eigenvalue weighted by Crippen LogP contribution is 2.27. The van der Waals surface area contributed by atoms with Gasteiger partial charge in [0.05, 0.1) is 4.91 Å². The van der Waals surface area contributed by atoms with Crippen LogP contribution in [0.2, 0.25) is 0 Å². The van der Waals surface area contributed by atoms with E-state index in [1.807, 2.05) is 32.3 Å². The van der Waals surface area contributed by atoms with E-state index in [-0.39, 0.29) is 5.91 Å². The third kappa shape index (κ3) is 5.68. The monoisotopic (exact) mass is 386 g/mol. The number of piperidine rings is 1. The Kier molecular flexibility index (Phi) is 6.68. The van der Waals surface area contributed by atoms with Gasteiger partial charge in [-0.1, -0.05) is 12.1 Å². The Morgan fingerprint density at radius 3 is 2.56 bits per heavy atom. The van der Waals surface area contributed by atoms with Gasteiger partial charge in [-0.05, 0) is 62.6 Å². The van der Waals surface area contributed by atoms with E-state index in [2.05, 4.69) is 32.2 Å². The minimum Gasteiger partial charge on any atom is -0.371 e. The van der Waals surface area contributed by atoms with Crippen molar-refractivity contribution < 1.29 is 9.59 Å². The number of benzene rings is 1. The lowest BCUT2D eigenvalue weighted by atomic mass is 10.1. The molecule has 2 saturated heterocycles. The summed E-state index contributed by atoms with van der Waals surface area (Å²) in [5.41, 5.74) is 2.11. The van der Waals surface area contributed by atoms with Crippen LogP contribution in [0, 0.1) is 0 Å². The maximum absolute atomic E-state index is 12.1. The van der Waals surface area contributed by atoms with Crippen molar-refractivity contribution in [3.05, 3.63) is 34.7 Å². The van der Waals surface area contributed by atoms with Gasteiger partial charge in [-0.3, -0.25) is 14.6 Å². The Morgan fingerprint density at radius 1 is 1.19 bits per heavy atom. The predicted molar refractivity (Wildman–Crippen MR) is 112 cm³/mol. The summed E-state index contributed by atoms with van der Waals surface area (Å²) in [4.78, 5) is 33.0. The first-order valence-electron chi connectivity index (χ1n) is 9.28. The molecule has 0 bridgehead atoms. The second-order valence-corrected chi connectivity index (χ2v) is 8.06. The number of thioether (sulfide) groups is 1. The van der Waals surface area contributed by atoms with Crippen molar-refractivity contribution in [1.29, 1.82) is 0 Å². The number of nitrogens with one attached hydrogen (secondary N) is 1. The Balaban J connectivity index is 1.58. The summed E-state index contributed by atoms with van der Waals surface area (Å²) in [5, 5.41) is 3.51. The molecule has 6 nitrogen and oxygen atoms in total. The van der Waals surface area contributed by atoms with Crippen LogP contribution in [0.15, 0.2) is 34.2 Å². The maximum atomic E-state index is 12.1. The van der Waals surface area contributed by atoms with Crippen molar-refractivity contribution in [2.75, 3.05) is 45.2 Å². The molecule has 3 rings (SSSR count). The summed E-state index contributed by atoms with van der Waals surface area (Å²) in [6, 6.07) is 8.13. The van der Waals surface area contributed by atoms with E-state index in [9.17, 15) is 9.59 Å². The Hall–Kier alpha value is -2.12. The van der Waals surface area contributed by atoms with Gasteiger partial charge >= 0.3 is 0 Å². The highest BCUT2D eigenvalue weighted by atomic mass is 32.2. The SMILES string of the molecule is CN(C)CCCN=C1NC(=O)C(=Cc2ccc(N3CCC(=O)CC3)cc2)S1. The molecular formula is C20H26N4O2S. The van der Waals surface area contributed by atoms with Crippen LogP contribution >= 0.6 is 11.8 Å². The molecule has 2 heterocycles. The first-order valence-corrected chi connectivity index (χ1v) is 10.1. The quantitative estimate of drug-likeness (QED) is 0.601. The molecule has 27 heavy (non-hydrogen) atoms. The number of hydrogen-bond donors (Lipinski definition) is 1. The molecule has 1 amide bonds. The normalized spacial score (nSPS) is 20.8. The van der Waals surface area contributed by atoms with E-state index in [4.69, 9.17) is 0 Å². The largest absolute Gasteiger partial charge is 0.371 e. The van der Waals surface area contributed by atoms with Gasteiger partial charge in [0, 0.05) is 38.2 Å². The number of anilines is 1. The molecule has 0 unspecified atom stereocenters. The number of amides is 1. The zero-order valence-corrected chi connectivity index (χ0v) is 16.7. The number of carbonyl (C=O) groups is 2. The third-order valence-electron chi connectivity index (χ3n) is 4.55. The van der Waals surface area contributed by atoms with E-state index in [1.165, 1.54) is 11.8 Å². The van der Waals surface area contributed by atoms with Crippen molar-refractivity contribution in [3.63, 3.8) is 0 Å². The van der Waals surface area contributed by atoms with E-state index in [1.54, 1.807) is 0 Å². The van der Waals surface area contributed by atoms with E-state index in [0.717, 1.165) is 37.3 Å². The second-order valence-electron chi connectivity index (χ2n) is 7.03. The number of hydrogen-bond acceptors (Lipinski definition) is 6. The lowest BCUT2D eigenvalue weighted by molar-refractivity contribution is -0.119. The van der Waals surface area contributed by atoms with Gasteiger partial charge in [0.25, 0.3) is 5.91 Å². The molecule has 144 valence electrons. The summed E-state index contributed by atoms with van der Waals surface area (Å²) >= 11 is 1.39. The van der Waals surface area contributed by atoms with Gasteiger partial charge in [0.2, 0.25) is 0 Å². The first-order chi connectivity index (χ1) is 13.0. The molecule has 2 aliphatic rings. The number of rotatable bonds is 6. The van der Waals surface area contributed by atoms with Crippen LogP contribution < -0.4 is 10.2 Å². The van der Waals surface area contributed by atoms with Gasteiger partial charge in [0.1, 0.15) is 5.78 Å². The van der Waals surface area contributed by atoms with Crippen molar-refractivity contribution in [3.8, 4) is 0 Å². The minimum atomic E-state index is -0.0926. The third-order valence-corrected chi connectivity index (χ3v) is 5.49. The smallest absolute Gasteiger partial charge is 0.264 e. The molecule has 0 aliphatic carbocycles. The van der Waals surface area contributed by atoms with E-state index >= 15 is 0 Å². The topological polar surface area (TPSA) is 65.0 Å². The van der Waals surface area contributed by atoms with Gasteiger partial charge in [-0.15, -0.1) is 0 Å². The molecule has 0 spiro atoms. The molecule has 0 aromatic heterocycles.